The van der Waals surface area contributed by atoms with Crippen molar-refractivity contribution < 1.29 is 134 Å². The number of nitrogens with one attached hydrogen (secondary N) is 2. The van der Waals surface area contributed by atoms with Crippen molar-refractivity contribution in [2.45, 2.75) is 43.4 Å². The minimum absolute atomic E-state index is 0. The van der Waals surface area contributed by atoms with Crippen LogP contribution in [0.3, 0.4) is 0 Å². The van der Waals surface area contributed by atoms with Crippen LogP contribution in [0.2, 0.25) is 0 Å². The average Bonchev–Trinajstić information content (AvgIpc) is 3.04. The number of rotatable bonds is 11. The van der Waals surface area contributed by atoms with E-state index in [1.165, 1.54) is 31.2 Å². The second-order valence-corrected chi connectivity index (χ2v) is 14.6. The molecule has 0 aromatic heterocycles. The Kier molecular flexibility index (Phi) is 17.2. The standard InChI is InChI=1S/C37H31N2O10S2.3Na/c1-21-10-13-29(27(16-21)17-23(3)40)32(41)20-26-18-25(12-11-22(26)2)36(42)38-28-7-4-6-24(19-28)37(43)39-31-14-15-33(50(44,45)46)30-8-5-9-34(35(30)31)51(47,48)49;;;/h4,6-16,18-19H,17,20H2,1-3H3,(H,38,42)(H,39,43)(H,44,45,46)(H,47,48,49);;;/q-1;3*+1/p-2. The summed E-state index contributed by atoms with van der Waals surface area (Å²) in [4.78, 5) is 50.1. The second kappa shape index (κ2) is 19.6. The molecule has 0 spiro atoms. The van der Waals surface area contributed by atoms with Gasteiger partial charge in [-0.15, -0.1) is 5.39 Å². The first-order chi connectivity index (χ1) is 23.9. The zero-order chi connectivity index (χ0) is 37.2. The first-order valence-corrected chi connectivity index (χ1v) is 18.1. The molecule has 0 radical (unpaired) electrons. The predicted octanol–water partition coefficient (Wildman–Crippen LogP) is -3.86. The molecule has 0 saturated carbocycles. The number of hydrogen-bond acceptors (Lipinski definition) is 10. The molecule has 5 rings (SSSR count). The monoisotopic (exact) mass is 794 g/mol. The molecule has 5 aromatic carbocycles. The van der Waals surface area contributed by atoms with Crippen molar-refractivity contribution in [2.75, 3.05) is 10.6 Å². The zero-order valence-electron chi connectivity index (χ0n) is 30.4. The fourth-order valence-electron chi connectivity index (χ4n) is 5.62. The molecule has 2 amide bonds. The molecule has 0 aliphatic heterocycles. The number of amides is 2. The Bertz CT molecular complexity index is 2510. The van der Waals surface area contributed by atoms with Crippen LogP contribution in [-0.2, 0) is 37.9 Å². The van der Waals surface area contributed by atoms with E-state index >= 15 is 0 Å². The van der Waals surface area contributed by atoms with Gasteiger partial charge in [-0.1, -0.05) is 47.3 Å². The number of benzene rings is 5. The number of carbonyl (C=O) groups excluding carboxylic acids is 4. The molecular weight excluding hydrogens is 766 g/mol. The maximum Gasteiger partial charge on any atom is 1.00 e. The molecule has 2 N–H and O–H groups in total. The predicted molar refractivity (Wildman–Crippen MR) is 186 cm³/mol. The summed E-state index contributed by atoms with van der Waals surface area (Å²) in [5.41, 5.74) is 3.53. The zero-order valence-corrected chi connectivity index (χ0v) is 38.0. The van der Waals surface area contributed by atoms with Crippen LogP contribution in [0, 0.1) is 19.9 Å². The maximum absolute atomic E-state index is 13.3. The molecule has 0 aliphatic carbocycles. The Labute approximate surface area is 379 Å². The van der Waals surface area contributed by atoms with Crippen molar-refractivity contribution in [3.63, 3.8) is 0 Å². The maximum atomic E-state index is 13.3. The van der Waals surface area contributed by atoms with Gasteiger partial charge in [0.1, 0.15) is 15.9 Å². The third-order valence-electron chi connectivity index (χ3n) is 8.03. The van der Waals surface area contributed by atoms with E-state index in [1.807, 2.05) is 19.9 Å². The molecule has 262 valence electrons. The number of Topliss-reactive ketones (excluding diaryl/α,β-unsaturated/α-hetero) is 2. The Morgan fingerprint density at radius 3 is 1.98 bits per heavy atom. The van der Waals surface area contributed by atoms with Crippen LogP contribution in [0.5, 0.6) is 0 Å². The van der Waals surface area contributed by atoms with Crippen LogP contribution < -0.4 is 99.3 Å². The molecule has 0 unspecified atom stereocenters. The van der Waals surface area contributed by atoms with Crippen LogP contribution in [0.15, 0.2) is 94.7 Å². The van der Waals surface area contributed by atoms with E-state index in [0.717, 1.165) is 35.4 Å². The van der Waals surface area contributed by atoms with Gasteiger partial charge in [0.2, 0.25) is 0 Å². The Morgan fingerprint density at radius 1 is 0.685 bits per heavy atom. The Hall–Kier alpha value is -2.54. The van der Waals surface area contributed by atoms with Crippen LogP contribution in [-0.4, -0.2) is 49.3 Å². The topological polar surface area (TPSA) is 207 Å². The molecule has 0 heterocycles. The van der Waals surface area contributed by atoms with Crippen molar-refractivity contribution in [1.29, 1.82) is 0 Å². The van der Waals surface area contributed by atoms with Gasteiger partial charge in [-0.25, -0.2) is 8.42 Å². The molecule has 5 aromatic rings. The molecular formula is C37H29N2Na3O10S2. The molecule has 0 aliphatic rings. The summed E-state index contributed by atoms with van der Waals surface area (Å²) in [6.45, 7) is 5.14. The minimum atomic E-state index is -5.20. The second-order valence-electron chi connectivity index (χ2n) is 11.9. The smallest absolute Gasteiger partial charge is 0.754 e. The van der Waals surface area contributed by atoms with Gasteiger partial charge in [-0.05, 0) is 78.8 Å². The molecule has 17 heteroatoms. The van der Waals surface area contributed by atoms with Crippen molar-refractivity contribution in [3.05, 3.63) is 130 Å². The SMILES string of the molecule is CC(=O)Cc1cc(C)ccc1C(=O)Cc1cc(C(=O)Nc2cccc(C(=O)Nc3ccc(S(=O)(=O)[O-])c4c[c-]cc(S(=O)(=O)[O-])c34)c2)ccc1C.[Na+].[Na+].[Na+]. The van der Waals surface area contributed by atoms with Crippen LogP contribution in [0.4, 0.5) is 11.4 Å². The number of hydrogen-bond donors (Lipinski definition) is 2. The summed E-state index contributed by atoms with van der Waals surface area (Å²) in [6, 6.07) is 21.9. The van der Waals surface area contributed by atoms with E-state index in [2.05, 4.69) is 16.7 Å². The van der Waals surface area contributed by atoms with E-state index in [4.69, 9.17) is 0 Å². The van der Waals surface area contributed by atoms with Crippen molar-refractivity contribution in [3.8, 4) is 0 Å². The van der Waals surface area contributed by atoms with Gasteiger partial charge in [-0.3, -0.25) is 27.6 Å². The van der Waals surface area contributed by atoms with E-state index in [-0.39, 0.29) is 136 Å². The van der Waals surface area contributed by atoms with Gasteiger partial charge in [0.25, 0.3) is 11.8 Å². The quantitative estimate of drug-likeness (QED) is 0.0576. The number of ketones is 2. The van der Waals surface area contributed by atoms with Crippen molar-refractivity contribution >= 4 is 65.8 Å². The third-order valence-corrected chi connectivity index (χ3v) is 9.78. The number of anilines is 2. The fraction of sp³-hybridized carbons (Fsp3) is 0.135. The van der Waals surface area contributed by atoms with E-state index in [0.29, 0.717) is 16.7 Å². The first-order valence-electron chi connectivity index (χ1n) is 15.3. The molecule has 0 bridgehead atoms. The summed E-state index contributed by atoms with van der Waals surface area (Å²) < 4.78 is 71.6. The first kappa shape index (κ1) is 47.6. The number of fused-ring (bicyclic) bond motifs is 1. The summed E-state index contributed by atoms with van der Waals surface area (Å²) in [6.07, 6.45) is 0.109. The fourth-order valence-corrected chi connectivity index (χ4v) is 6.96. The molecule has 0 saturated heterocycles. The van der Waals surface area contributed by atoms with E-state index < -0.39 is 52.6 Å². The van der Waals surface area contributed by atoms with Gasteiger partial charge in [0, 0.05) is 45.8 Å². The van der Waals surface area contributed by atoms with Gasteiger partial charge < -0.3 is 19.7 Å². The number of aryl methyl sites for hydroxylation is 2. The van der Waals surface area contributed by atoms with Crippen LogP contribution >= 0.6 is 0 Å². The minimum Gasteiger partial charge on any atom is -0.754 e. The third kappa shape index (κ3) is 11.5. The normalized spacial score (nSPS) is 11.0. The van der Waals surface area contributed by atoms with Gasteiger partial charge in [0.05, 0.1) is 10.1 Å². The van der Waals surface area contributed by atoms with Gasteiger partial charge in [-0.2, -0.15) is 18.2 Å². The summed E-state index contributed by atoms with van der Waals surface area (Å²) >= 11 is 0. The van der Waals surface area contributed by atoms with Gasteiger partial charge in [0.15, 0.2) is 5.78 Å². The van der Waals surface area contributed by atoms with Gasteiger partial charge >= 0.3 is 88.7 Å². The van der Waals surface area contributed by atoms with Crippen LogP contribution in [0.1, 0.15) is 60.3 Å². The largest absolute Gasteiger partial charge is 1.00 e. The average molecular weight is 795 g/mol. The molecule has 0 fully saturated rings. The van der Waals surface area contributed by atoms with Crippen LogP contribution in [0.25, 0.3) is 10.8 Å². The number of carbonyl (C=O) groups is 4. The molecule has 0 atom stereocenters. The van der Waals surface area contributed by atoms with Crippen molar-refractivity contribution in [1.82, 2.24) is 0 Å². The summed E-state index contributed by atoms with van der Waals surface area (Å²) in [5.74, 6) is -1.64. The van der Waals surface area contributed by atoms with E-state index in [9.17, 15) is 45.1 Å². The molecule has 54 heavy (non-hydrogen) atoms. The van der Waals surface area contributed by atoms with Crippen molar-refractivity contribution in [2.24, 2.45) is 0 Å². The van der Waals surface area contributed by atoms with E-state index in [1.54, 1.807) is 30.3 Å². The molecule has 12 nitrogen and oxygen atoms in total. The Balaban J connectivity index is 0.00000336. The summed E-state index contributed by atoms with van der Waals surface area (Å²) in [5, 5.41) is 4.25. The Morgan fingerprint density at radius 2 is 1.33 bits per heavy atom. The summed E-state index contributed by atoms with van der Waals surface area (Å²) in [7, 11) is -10.3.